The van der Waals surface area contributed by atoms with E-state index in [0.717, 1.165) is 15.6 Å². The van der Waals surface area contributed by atoms with Crippen LogP contribution >= 0.6 is 15.9 Å². The van der Waals surface area contributed by atoms with E-state index in [1.54, 1.807) is 13.8 Å². The van der Waals surface area contributed by atoms with Crippen LogP contribution in [0, 0.1) is 12.3 Å². The molecule has 1 heterocycles. The van der Waals surface area contributed by atoms with Crippen molar-refractivity contribution in [1.82, 2.24) is 0 Å². The zero-order valence-electron chi connectivity index (χ0n) is 10.5. The fourth-order valence-electron chi connectivity index (χ4n) is 1.90. The molecule has 0 aliphatic carbocycles. The molecule has 1 N–H and O–H groups in total. The Bertz CT molecular complexity index is 508. The summed E-state index contributed by atoms with van der Waals surface area (Å²) in [4.78, 5) is 11.2. The summed E-state index contributed by atoms with van der Waals surface area (Å²) in [5.74, 6) is 0.517. The molecule has 18 heavy (non-hydrogen) atoms. The number of carboxylic acid groups (broad SMARTS) is 1. The topological polar surface area (TPSA) is 55.8 Å². The standard InChI is InChI=1S/C13H15BrO4/c1-7-8(5-13(2,3)12(15)16)11-10(4-9(7)14)17-6-18-11/h4H,5-6H2,1-3H3,(H,15,16). The van der Waals surface area contributed by atoms with Gasteiger partial charge in [-0.3, -0.25) is 4.79 Å². The predicted octanol–water partition coefficient (Wildman–Crippen LogP) is 3.14. The van der Waals surface area contributed by atoms with E-state index < -0.39 is 11.4 Å². The molecule has 0 saturated heterocycles. The summed E-state index contributed by atoms with van der Waals surface area (Å²) in [6.07, 6.45) is 0.402. The van der Waals surface area contributed by atoms with Gasteiger partial charge in [0.25, 0.3) is 0 Å². The molecule has 0 unspecified atom stereocenters. The van der Waals surface area contributed by atoms with E-state index in [9.17, 15) is 9.90 Å². The number of hydrogen-bond acceptors (Lipinski definition) is 3. The van der Waals surface area contributed by atoms with Crippen LogP contribution in [-0.4, -0.2) is 17.9 Å². The lowest BCUT2D eigenvalue weighted by atomic mass is 9.84. The average Bonchev–Trinajstić information content (AvgIpc) is 2.72. The Morgan fingerprint density at radius 2 is 2.17 bits per heavy atom. The highest BCUT2D eigenvalue weighted by Crippen LogP contribution is 2.43. The van der Waals surface area contributed by atoms with Gasteiger partial charge in [-0.25, -0.2) is 0 Å². The number of carbonyl (C=O) groups is 1. The highest BCUT2D eigenvalue weighted by atomic mass is 79.9. The number of fused-ring (bicyclic) bond motifs is 1. The van der Waals surface area contributed by atoms with Crippen LogP contribution in [0.15, 0.2) is 10.5 Å². The summed E-state index contributed by atoms with van der Waals surface area (Å²) in [6.45, 7) is 5.54. The molecule has 0 bridgehead atoms. The molecule has 0 amide bonds. The minimum Gasteiger partial charge on any atom is -0.481 e. The van der Waals surface area contributed by atoms with Gasteiger partial charge >= 0.3 is 5.97 Å². The lowest BCUT2D eigenvalue weighted by Gasteiger charge is -2.21. The normalized spacial score (nSPS) is 13.8. The number of hydrogen-bond donors (Lipinski definition) is 1. The molecule has 4 nitrogen and oxygen atoms in total. The van der Waals surface area contributed by atoms with Gasteiger partial charge in [-0.15, -0.1) is 0 Å². The number of ether oxygens (including phenoxy) is 2. The van der Waals surface area contributed by atoms with Crippen LogP contribution in [0.4, 0.5) is 0 Å². The molecule has 0 atom stereocenters. The number of aliphatic carboxylic acids is 1. The molecule has 0 aromatic heterocycles. The summed E-state index contributed by atoms with van der Waals surface area (Å²) >= 11 is 3.46. The summed E-state index contributed by atoms with van der Waals surface area (Å²) in [5, 5.41) is 9.23. The molecule has 1 aromatic carbocycles. The largest absolute Gasteiger partial charge is 0.481 e. The summed E-state index contributed by atoms with van der Waals surface area (Å²) in [7, 11) is 0. The van der Waals surface area contributed by atoms with Gasteiger partial charge in [0, 0.05) is 10.0 Å². The third-order valence-electron chi connectivity index (χ3n) is 3.18. The van der Waals surface area contributed by atoms with E-state index >= 15 is 0 Å². The molecule has 0 fully saturated rings. The molecule has 0 saturated carbocycles. The maximum Gasteiger partial charge on any atom is 0.309 e. The fraction of sp³-hybridized carbons (Fsp3) is 0.462. The summed E-state index contributed by atoms with van der Waals surface area (Å²) in [5.41, 5.74) is 1.04. The molecular formula is C13H15BrO4. The minimum absolute atomic E-state index is 0.186. The molecule has 5 heteroatoms. The van der Waals surface area contributed by atoms with Crippen molar-refractivity contribution < 1.29 is 19.4 Å². The van der Waals surface area contributed by atoms with Crippen LogP contribution in [0.25, 0.3) is 0 Å². The smallest absolute Gasteiger partial charge is 0.309 e. The van der Waals surface area contributed by atoms with Gasteiger partial charge in [0.05, 0.1) is 5.41 Å². The highest BCUT2D eigenvalue weighted by molar-refractivity contribution is 9.10. The van der Waals surface area contributed by atoms with Crippen LogP contribution in [0.2, 0.25) is 0 Å². The Hall–Kier alpha value is -1.23. The third-order valence-corrected chi connectivity index (χ3v) is 4.01. The fourth-order valence-corrected chi connectivity index (χ4v) is 2.35. The maximum absolute atomic E-state index is 11.2. The summed E-state index contributed by atoms with van der Waals surface area (Å²) < 4.78 is 11.7. The predicted molar refractivity (Wildman–Crippen MR) is 70.1 cm³/mol. The van der Waals surface area contributed by atoms with Gasteiger partial charge in [0.2, 0.25) is 6.79 Å². The number of halogens is 1. The van der Waals surface area contributed by atoms with Crippen molar-refractivity contribution in [3.05, 3.63) is 21.7 Å². The Morgan fingerprint density at radius 3 is 2.78 bits per heavy atom. The van der Waals surface area contributed by atoms with E-state index in [0.29, 0.717) is 17.9 Å². The quantitative estimate of drug-likeness (QED) is 0.931. The van der Waals surface area contributed by atoms with Crippen LogP contribution < -0.4 is 9.47 Å². The Kier molecular flexibility index (Phi) is 3.27. The monoisotopic (exact) mass is 314 g/mol. The van der Waals surface area contributed by atoms with Gasteiger partial charge < -0.3 is 14.6 Å². The van der Waals surface area contributed by atoms with Crippen LogP contribution in [0.5, 0.6) is 11.5 Å². The number of carboxylic acids is 1. The first-order valence-electron chi connectivity index (χ1n) is 5.64. The van der Waals surface area contributed by atoms with Crippen molar-refractivity contribution >= 4 is 21.9 Å². The molecule has 0 radical (unpaired) electrons. The lowest BCUT2D eigenvalue weighted by Crippen LogP contribution is -2.26. The van der Waals surface area contributed by atoms with Crippen molar-refractivity contribution in [2.45, 2.75) is 27.2 Å². The molecule has 1 aromatic rings. The molecule has 98 valence electrons. The van der Waals surface area contributed by atoms with Gasteiger partial charge in [-0.2, -0.15) is 0 Å². The van der Waals surface area contributed by atoms with Gasteiger partial charge in [0.1, 0.15) is 0 Å². The first-order valence-corrected chi connectivity index (χ1v) is 6.43. The van der Waals surface area contributed by atoms with Crippen LogP contribution in [-0.2, 0) is 11.2 Å². The Morgan fingerprint density at radius 1 is 1.50 bits per heavy atom. The van der Waals surface area contributed by atoms with Gasteiger partial charge in [-0.05, 0) is 38.8 Å². The van der Waals surface area contributed by atoms with Gasteiger partial charge in [0.15, 0.2) is 11.5 Å². The van der Waals surface area contributed by atoms with Crippen molar-refractivity contribution in [2.24, 2.45) is 5.41 Å². The second-order valence-electron chi connectivity index (χ2n) is 5.06. The van der Waals surface area contributed by atoms with E-state index in [4.69, 9.17) is 9.47 Å². The average molecular weight is 315 g/mol. The Balaban J connectivity index is 2.48. The van der Waals surface area contributed by atoms with Crippen molar-refractivity contribution in [3.8, 4) is 11.5 Å². The zero-order chi connectivity index (χ0) is 13.5. The van der Waals surface area contributed by atoms with Gasteiger partial charge in [-0.1, -0.05) is 15.9 Å². The second-order valence-corrected chi connectivity index (χ2v) is 5.92. The number of rotatable bonds is 3. The second kappa shape index (κ2) is 4.46. The van der Waals surface area contributed by atoms with Crippen molar-refractivity contribution in [2.75, 3.05) is 6.79 Å². The molecular weight excluding hydrogens is 300 g/mol. The van der Waals surface area contributed by atoms with E-state index in [1.165, 1.54) is 0 Å². The minimum atomic E-state index is -0.842. The van der Waals surface area contributed by atoms with E-state index in [2.05, 4.69) is 15.9 Å². The lowest BCUT2D eigenvalue weighted by molar-refractivity contribution is -0.146. The Labute approximate surface area is 114 Å². The van der Waals surface area contributed by atoms with E-state index in [-0.39, 0.29) is 6.79 Å². The van der Waals surface area contributed by atoms with E-state index in [1.807, 2.05) is 13.0 Å². The van der Waals surface area contributed by atoms with Crippen LogP contribution in [0.3, 0.4) is 0 Å². The first kappa shape index (κ1) is 13.2. The summed E-state index contributed by atoms with van der Waals surface area (Å²) in [6, 6.07) is 1.86. The molecule has 0 spiro atoms. The zero-order valence-corrected chi connectivity index (χ0v) is 12.1. The van der Waals surface area contributed by atoms with Crippen molar-refractivity contribution in [3.63, 3.8) is 0 Å². The first-order chi connectivity index (χ1) is 8.33. The van der Waals surface area contributed by atoms with Crippen LogP contribution in [0.1, 0.15) is 25.0 Å². The molecule has 2 rings (SSSR count). The highest BCUT2D eigenvalue weighted by Gasteiger charge is 2.32. The molecule has 1 aliphatic rings. The molecule has 1 aliphatic heterocycles. The number of benzene rings is 1. The SMILES string of the molecule is Cc1c(Br)cc2c(c1CC(C)(C)C(=O)O)OCO2. The third kappa shape index (κ3) is 2.19. The maximum atomic E-state index is 11.2. The van der Waals surface area contributed by atoms with Crippen molar-refractivity contribution in [1.29, 1.82) is 0 Å².